The number of hydrogen-bond donors (Lipinski definition) is 1. The van der Waals surface area contributed by atoms with E-state index in [1.165, 1.54) is 6.07 Å². The lowest BCUT2D eigenvalue weighted by atomic mass is 10.1. The van der Waals surface area contributed by atoms with Gasteiger partial charge in [-0.3, -0.25) is 9.59 Å². The Kier molecular flexibility index (Phi) is 5.74. The minimum Gasteiger partial charge on any atom is -0.342 e. The lowest BCUT2D eigenvalue weighted by molar-refractivity contribution is -0.137. The van der Waals surface area contributed by atoms with Gasteiger partial charge in [-0.05, 0) is 24.6 Å². The van der Waals surface area contributed by atoms with Crippen molar-refractivity contribution < 1.29 is 22.8 Å². The first-order valence-corrected chi connectivity index (χ1v) is 8.05. The summed E-state index contributed by atoms with van der Waals surface area (Å²) in [4.78, 5) is 25.7. The number of unbranched alkanes of at least 4 members (excludes halogenated alkanes) is 1. The quantitative estimate of drug-likeness (QED) is 0.862. The third-order valence-electron chi connectivity index (χ3n) is 3.91. The largest absolute Gasteiger partial charge is 0.418 e. The highest BCUT2D eigenvalue weighted by atomic mass is 35.5. The maximum atomic E-state index is 13.0. The van der Waals surface area contributed by atoms with E-state index in [-0.39, 0.29) is 29.6 Å². The predicted octanol–water partition coefficient (Wildman–Crippen LogP) is 3.95. The van der Waals surface area contributed by atoms with E-state index < -0.39 is 23.6 Å². The van der Waals surface area contributed by atoms with Crippen molar-refractivity contribution in [3.63, 3.8) is 0 Å². The molecule has 1 aromatic rings. The summed E-state index contributed by atoms with van der Waals surface area (Å²) in [6, 6.07) is 3.17. The zero-order chi connectivity index (χ0) is 17.9. The standard InChI is InChI=1S/C16H18ClF3N2O2/c1-2-3-6-22-9-10(7-14(22)23)15(24)21-13-5-4-11(17)8-12(13)16(18,19)20/h4-5,8,10H,2-3,6-7,9H2,1H3,(H,21,24). The average Bonchev–Trinajstić information content (AvgIpc) is 2.87. The fourth-order valence-corrected chi connectivity index (χ4v) is 2.78. The monoisotopic (exact) mass is 362 g/mol. The third kappa shape index (κ3) is 4.41. The molecule has 1 heterocycles. The predicted molar refractivity (Wildman–Crippen MR) is 84.7 cm³/mol. The van der Waals surface area contributed by atoms with Crippen molar-refractivity contribution in [1.82, 2.24) is 4.90 Å². The van der Waals surface area contributed by atoms with Crippen LogP contribution in [0.15, 0.2) is 18.2 Å². The molecular weight excluding hydrogens is 345 g/mol. The molecule has 0 bridgehead atoms. The van der Waals surface area contributed by atoms with Gasteiger partial charge in [0, 0.05) is 24.5 Å². The zero-order valence-electron chi connectivity index (χ0n) is 13.1. The van der Waals surface area contributed by atoms with Gasteiger partial charge in [-0.25, -0.2) is 0 Å². The molecule has 24 heavy (non-hydrogen) atoms. The van der Waals surface area contributed by atoms with Crippen LogP contribution in [0.3, 0.4) is 0 Å². The minimum atomic E-state index is -4.63. The summed E-state index contributed by atoms with van der Waals surface area (Å²) in [5.41, 5.74) is -1.35. The van der Waals surface area contributed by atoms with Gasteiger partial charge in [-0.15, -0.1) is 0 Å². The molecule has 1 saturated heterocycles. The Morgan fingerprint density at radius 2 is 2.12 bits per heavy atom. The summed E-state index contributed by atoms with van der Waals surface area (Å²) >= 11 is 5.61. The summed E-state index contributed by atoms with van der Waals surface area (Å²) in [7, 11) is 0. The summed E-state index contributed by atoms with van der Waals surface area (Å²) in [6.07, 6.45) is -2.87. The first-order chi connectivity index (χ1) is 11.2. The van der Waals surface area contributed by atoms with Crippen LogP contribution in [0.25, 0.3) is 0 Å². The maximum Gasteiger partial charge on any atom is 0.418 e. The highest BCUT2D eigenvalue weighted by Gasteiger charge is 2.37. The highest BCUT2D eigenvalue weighted by molar-refractivity contribution is 6.30. The van der Waals surface area contributed by atoms with Gasteiger partial charge in [0.15, 0.2) is 0 Å². The second-order valence-electron chi connectivity index (χ2n) is 5.77. The van der Waals surface area contributed by atoms with Gasteiger partial charge in [0.2, 0.25) is 11.8 Å². The fraction of sp³-hybridized carbons (Fsp3) is 0.500. The first kappa shape index (κ1) is 18.6. The normalized spacial score (nSPS) is 18.1. The van der Waals surface area contributed by atoms with Gasteiger partial charge in [0.1, 0.15) is 0 Å². The van der Waals surface area contributed by atoms with Crippen molar-refractivity contribution in [2.75, 3.05) is 18.4 Å². The van der Waals surface area contributed by atoms with Crippen molar-refractivity contribution in [3.8, 4) is 0 Å². The molecular formula is C16H18ClF3N2O2. The molecule has 1 atom stereocenters. The smallest absolute Gasteiger partial charge is 0.342 e. The minimum absolute atomic E-state index is 0.0183. The average molecular weight is 363 g/mol. The first-order valence-electron chi connectivity index (χ1n) is 7.67. The molecule has 0 spiro atoms. The molecule has 2 rings (SSSR count). The number of anilines is 1. The van der Waals surface area contributed by atoms with Crippen molar-refractivity contribution in [3.05, 3.63) is 28.8 Å². The molecule has 1 N–H and O–H groups in total. The van der Waals surface area contributed by atoms with E-state index in [0.29, 0.717) is 6.54 Å². The van der Waals surface area contributed by atoms with Gasteiger partial charge >= 0.3 is 6.18 Å². The number of likely N-dealkylation sites (tertiary alicyclic amines) is 1. The van der Waals surface area contributed by atoms with Gasteiger partial charge in [-0.1, -0.05) is 24.9 Å². The van der Waals surface area contributed by atoms with Crippen molar-refractivity contribution in [2.45, 2.75) is 32.4 Å². The number of carbonyl (C=O) groups is 2. The van der Waals surface area contributed by atoms with E-state index in [1.54, 1.807) is 4.90 Å². The number of alkyl halides is 3. The van der Waals surface area contributed by atoms with Crippen LogP contribution in [0.4, 0.5) is 18.9 Å². The highest BCUT2D eigenvalue weighted by Crippen LogP contribution is 2.36. The molecule has 1 aliphatic heterocycles. The number of amides is 2. The molecule has 1 fully saturated rings. The summed E-state index contributed by atoms with van der Waals surface area (Å²) in [5, 5.41) is 2.22. The Morgan fingerprint density at radius 1 is 1.42 bits per heavy atom. The van der Waals surface area contributed by atoms with E-state index in [1.807, 2.05) is 6.92 Å². The Balaban J connectivity index is 2.10. The molecule has 0 radical (unpaired) electrons. The summed E-state index contributed by atoms with van der Waals surface area (Å²) in [5.74, 6) is -1.38. The van der Waals surface area contributed by atoms with E-state index in [4.69, 9.17) is 11.6 Å². The van der Waals surface area contributed by atoms with Crippen LogP contribution in [-0.2, 0) is 15.8 Å². The number of hydrogen-bond acceptors (Lipinski definition) is 2. The Hall–Kier alpha value is -1.76. The van der Waals surface area contributed by atoms with Crippen molar-refractivity contribution in [1.29, 1.82) is 0 Å². The van der Waals surface area contributed by atoms with Gasteiger partial charge in [0.25, 0.3) is 0 Å². The molecule has 0 saturated carbocycles. The van der Waals surface area contributed by atoms with Crippen LogP contribution < -0.4 is 5.32 Å². The lowest BCUT2D eigenvalue weighted by Crippen LogP contribution is -2.29. The van der Waals surface area contributed by atoms with Crippen LogP contribution in [-0.4, -0.2) is 29.8 Å². The second kappa shape index (κ2) is 7.42. The van der Waals surface area contributed by atoms with Crippen LogP contribution in [0, 0.1) is 5.92 Å². The van der Waals surface area contributed by atoms with Gasteiger partial charge in [-0.2, -0.15) is 13.2 Å². The number of nitrogens with zero attached hydrogens (tertiary/aromatic N) is 1. The summed E-state index contributed by atoms with van der Waals surface area (Å²) in [6.45, 7) is 2.79. The maximum absolute atomic E-state index is 13.0. The molecule has 0 aliphatic carbocycles. The van der Waals surface area contributed by atoms with Gasteiger partial charge in [0.05, 0.1) is 17.2 Å². The summed E-state index contributed by atoms with van der Waals surface area (Å²) < 4.78 is 39.1. The van der Waals surface area contributed by atoms with E-state index in [9.17, 15) is 22.8 Å². The Labute approximate surface area is 143 Å². The number of halogens is 4. The molecule has 132 valence electrons. The SMILES string of the molecule is CCCCN1CC(C(=O)Nc2ccc(Cl)cc2C(F)(F)F)CC1=O. The van der Waals surface area contributed by atoms with Crippen LogP contribution in [0.5, 0.6) is 0 Å². The van der Waals surface area contributed by atoms with Crippen LogP contribution in [0.2, 0.25) is 5.02 Å². The topological polar surface area (TPSA) is 49.4 Å². The molecule has 1 unspecified atom stereocenters. The number of nitrogens with one attached hydrogen (secondary N) is 1. The van der Waals surface area contributed by atoms with E-state index in [2.05, 4.69) is 5.32 Å². The Morgan fingerprint density at radius 3 is 2.75 bits per heavy atom. The van der Waals surface area contributed by atoms with Gasteiger partial charge < -0.3 is 10.2 Å². The molecule has 0 aromatic heterocycles. The van der Waals surface area contributed by atoms with Crippen LogP contribution >= 0.6 is 11.6 Å². The molecule has 2 amide bonds. The molecule has 1 aromatic carbocycles. The number of carbonyl (C=O) groups excluding carboxylic acids is 2. The number of benzene rings is 1. The lowest BCUT2D eigenvalue weighted by Gasteiger charge is -2.17. The number of rotatable bonds is 5. The van der Waals surface area contributed by atoms with Crippen molar-refractivity contribution >= 4 is 29.1 Å². The third-order valence-corrected chi connectivity index (χ3v) is 4.15. The fourth-order valence-electron chi connectivity index (χ4n) is 2.61. The molecule has 4 nitrogen and oxygen atoms in total. The van der Waals surface area contributed by atoms with Crippen LogP contribution in [0.1, 0.15) is 31.7 Å². The molecule has 8 heteroatoms. The van der Waals surface area contributed by atoms with E-state index >= 15 is 0 Å². The molecule has 1 aliphatic rings. The van der Waals surface area contributed by atoms with Crippen molar-refractivity contribution in [2.24, 2.45) is 5.92 Å². The van der Waals surface area contributed by atoms with E-state index in [0.717, 1.165) is 25.0 Å². The Bertz CT molecular complexity index is 634. The second-order valence-corrected chi connectivity index (χ2v) is 6.21. The zero-order valence-corrected chi connectivity index (χ0v) is 13.9.